The van der Waals surface area contributed by atoms with Crippen LogP contribution < -0.4 is 0 Å². The summed E-state index contributed by atoms with van der Waals surface area (Å²) in [5.41, 5.74) is 2.49. The van der Waals surface area contributed by atoms with Gasteiger partial charge in [-0.3, -0.25) is 9.59 Å². The second kappa shape index (κ2) is 6.43. The van der Waals surface area contributed by atoms with Crippen molar-refractivity contribution < 1.29 is 19.8 Å². The number of aryl methyl sites for hydroxylation is 2. The molecule has 0 amide bonds. The Morgan fingerprint density at radius 2 is 1.14 bits per heavy atom. The van der Waals surface area contributed by atoms with E-state index in [1.165, 1.54) is 26.0 Å². The Labute approximate surface area is 129 Å². The Bertz CT molecular complexity index is 668. The van der Waals surface area contributed by atoms with Crippen molar-refractivity contribution in [3.63, 3.8) is 0 Å². The third-order valence-corrected chi connectivity index (χ3v) is 3.58. The van der Waals surface area contributed by atoms with Gasteiger partial charge in [0, 0.05) is 0 Å². The number of ketones is 2. The van der Waals surface area contributed by atoms with Gasteiger partial charge in [0.05, 0.1) is 11.1 Å². The zero-order chi connectivity index (χ0) is 16.3. The van der Waals surface area contributed by atoms with E-state index in [4.69, 9.17) is 0 Å². The van der Waals surface area contributed by atoms with Crippen molar-refractivity contribution >= 4 is 11.6 Å². The van der Waals surface area contributed by atoms with Crippen molar-refractivity contribution in [3.8, 4) is 11.5 Å². The predicted octanol–water partition coefficient (Wildman–Crippen LogP) is 3.29. The van der Waals surface area contributed by atoms with E-state index < -0.39 is 0 Å². The van der Waals surface area contributed by atoms with E-state index in [1.54, 1.807) is 24.3 Å². The molecule has 0 saturated carbocycles. The first kappa shape index (κ1) is 15.8. The van der Waals surface area contributed by atoms with Gasteiger partial charge in [-0.05, 0) is 62.1 Å². The lowest BCUT2D eigenvalue weighted by molar-refractivity contribution is 0.100. The third kappa shape index (κ3) is 3.52. The van der Waals surface area contributed by atoms with Crippen LogP contribution in [0.5, 0.6) is 11.5 Å². The summed E-state index contributed by atoms with van der Waals surface area (Å²) < 4.78 is 0. The fourth-order valence-electron chi connectivity index (χ4n) is 2.33. The Morgan fingerprint density at radius 3 is 1.45 bits per heavy atom. The fraction of sp³-hybridized carbons (Fsp3) is 0.222. The van der Waals surface area contributed by atoms with Gasteiger partial charge in [0.2, 0.25) is 0 Å². The van der Waals surface area contributed by atoms with Crippen molar-refractivity contribution in [1.82, 2.24) is 0 Å². The Morgan fingerprint density at radius 1 is 0.773 bits per heavy atom. The van der Waals surface area contributed by atoms with Gasteiger partial charge in [0.25, 0.3) is 0 Å². The minimum absolute atomic E-state index is 0.0141. The molecule has 0 unspecified atom stereocenters. The first-order chi connectivity index (χ1) is 10.4. The van der Waals surface area contributed by atoms with Gasteiger partial charge in [0.15, 0.2) is 11.6 Å². The molecule has 0 aliphatic heterocycles. The summed E-state index contributed by atoms with van der Waals surface area (Å²) in [6.45, 7) is 2.83. The van der Waals surface area contributed by atoms with Crippen LogP contribution in [-0.4, -0.2) is 21.8 Å². The topological polar surface area (TPSA) is 74.6 Å². The number of phenols is 2. The molecule has 4 heteroatoms. The molecule has 2 rings (SSSR count). The molecule has 0 radical (unpaired) electrons. The zero-order valence-electron chi connectivity index (χ0n) is 12.6. The van der Waals surface area contributed by atoms with Crippen LogP contribution >= 0.6 is 0 Å². The van der Waals surface area contributed by atoms with Gasteiger partial charge in [-0.15, -0.1) is 0 Å². The largest absolute Gasteiger partial charge is 0.507 e. The number of aromatic hydroxyl groups is 2. The molecular formula is C18H18O4. The maximum Gasteiger partial charge on any atom is 0.163 e. The predicted molar refractivity (Wildman–Crippen MR) is 83.6 cm³/mol. The molecule has 2 N–H and O–H groups in total. The average molecular weight is 298 g/mol. The molecule has 0 fully saturated rings. The Hall–Kier alpha value is -2.62. The van der Waals surface area contributed by atoms with Gasteiger partial charge in [0.1, 0.15) is 11.5 Å². The summed E-state index contributed by atoms with van der Waals surface area (Å²) in [4.78, 5) is 22.8. The standard InChI is InChI=1S/C18H18O4/c1-11(19)15-9-13(5-7-17(15)21)3-4-14-6-8-18(22)16(10-14)12(2)20/h5-10,21-22H,3-4H2,1-2H3. The van der Waals surface area contributed by atoms with Crippen LogP contribution in [0.1, 0.15) is 45.7 Å². The molecule has 0 spiro atoms. The molecule has 2 aromatic carbocycles. The maximum absolute atomic E-state index is 11.4. The van der Waals surface area contributed by atoms with E-state index in [0.717, 1.165) is 11.1 Å². The summed E-state index contributed by atoms with van der Waals surface area (Å²) in [7, 11) is 0. The van der Waals surface area contributed by atoms with Crippen LogP contribution in [-0.2, 0) is 12.8 Å². The third-order valence-electron chi connectivity index (χ3n) is 3.58. The molecule has 0 aromatic heterocycles. The second-order valence-electron chi connectivity index (χ2n) is 5.32. The number of Topliss-reactive ketones (excluding diaryl/α,β-unsaturated/α-hetero) is 2. The van der Waals surface area contributed by atoms with E-state index in [1.807, 2.05) is 0 Å². The molecule has 2 aromatic rings. The summed E-state index contributed by atoms with van der Waals surface area (Å²) in [6.07, 6.45) is 1.34. The summed E-state index contributed by atoms with van der Waals surface area (Å²) in [5.74, 6) is -0.384. The summed E-state index contributed by atoms with van der Waals surface area (Å²) in [5, 5.41) is 19.3. The quantitative estimate of drug-likeness (QED) is 0.831. The van der Waals surface area contributed by atoms with Crippen LogP contribution in [0.25, 0.3) is 0 Å². The molecule has 0 aliphatic carbocycles. The SMILES string of the molecule is CC(=O)c1cc(CCc2ccc(O)c(C(C)=O)c2)ccc1O. The van der Waals surface area contributed by atoms with Crippen LogP contribution in [0.15, 0.2) is 36.4 Å². The number of hydrogen-bond acceptors (Lipinski definition) is 4. The van der Waals surface area contributed by atoms with Crippen molar-refractivity contribution in [2.45, 2.75) is 26.7 Å². The minimum atomic E-state index is -0.178. The molecule has 0 atom stereocenters. The maximum atomic E-state index is 11.4. The molecule has 114 valence electrons. The monoisotopic (exact) mass is 298 g/mol. The Kier molecular flexibility index (Phi) is 4.61. The first-order valence-electron chi connectivity index (χ1n) is 7.04. The number of rotatable bonds is 5. The summed E-state index contributed by atoms with van der Waals surface area (Å²) in [6, 6.07) is 9.95. The van der Waals surface area contributed by atoms with Crippen molar-refractivity contribution in [3.05, 3.63) is 58.7 Å². The highest BCUT2D eigenvalue weighted by atomic mass is 16.3. The lowest BCUT2D eigenvalue weighted by Crippen LogP contribution is -1.99. The summed E-state index contributed by atoms with van der Waals surface area (Å²) >= 11 is 0. The van der Waals surface area contributed by atoms with Crippen molar-refractivity contribution in [2.75, 3.05) is 0 Å². The van der Waals surface area contributed by atoms with Gasteiger partial charge in [-0.25, -0.2) is 0 Å². The molecule has 4 nitrogen and oxygen atoms in total. The smallest absolute Gasteiger partial charge is 0.163 e. The van der Waals surface area contributed by atoms with Crippen LogP contribution in [0, 0.1) is 0 Å². The molecule has 0 bridgehead atoms. The lowest BCUT2D eigenvalue weighted by Gasteiger charge is -2.07. The molecule has 0 saturated heterocycles. The van der Waals surface area contributed by atoms with Crippen molar-refractivity contribution in [2.24, 2.45) is 0 Å². The number of carbonyl (C=O) groups is 2. The van der Waals surface area contributed by atoms with E-state index in [9.17, 15) is 19.8 Å². The Balaban J connectivity index is 2.17. The second-order valence-corrected chi connectivity index (χ2v) is 5.32. The van der Waals surface area contributed by atoms with E-state index in [2.05, 4.69) is 0 Å². The number of hydrogen-bond donors (Lipinski definition) is 2. The molecule has 0 aliphatic rings. The minimum Gasteiger partial charge on any atom is -0.507 e. The average Bonchev–Trinajstić information content (AvgIpc) is 2.47. The van der Waals surface area contributed by atoms with Gasteiger partial charge < -0.3 is 10.2 Å². The van der Waals surface area contributed by atoms with Crippen LogP contribution in [0.3, 0.4) is 0 Å². The highest BCUT2D eigenvalue weighted by Gasteiger charge is 2.09. The number of carbonyl (C=O) groups excluding carboxylic acids is 2. The zero-order valence-corrected chi connectivity index (χ0v) is 12.6. The van der Waals surface area contributed by atoms with E-state index >= 15 is 0 Å². The molecule has 0 heterocycles. The first-order valence-corrected chi connectivity index (χ1v) is 7.04. The molecular weight excluding hydrogens is 280 g/mol. The molecule has 22 heavy (non-hydrogen) atoms. The number of phenolic OH excluding ortho intramolecular Hbond substituents is 2. The van der Waals surface area contributed by atoms with Gasteiger partial charge in [-0.1, -0.05) is 12.1 Å². The van der Waals surface area contributed by atoms with Crippen LogP contribution in [0.4, 0.5) is 0 Å². The van der Waals surface area contributed by atoms with Gasteiger partial charge in [-0.2, -0.15) is 0 Å². The normalized spacial score (nSPS) is 10.5. The highest BCUT2D eigenvalue weighted by Crippen LogP contribution is 2.22. The highest BCUT2D eigenvalue weighted by molar-refractivity contribution is 5.97. The van der Waals surface area contributed by atoms with E-state index in [0.29, 0.717) is 24.0 Å². The fourth-order valence-corrected chi connectivity index (χ4v) is 2.33. The lowest BCUT2D eigenvalue weighted by atomic mass is 9.99. The van der Waals surface area contributed by atoms with Crippen molar-refractivity contribution in [1.29, 1.82) is 0 Å². The van der Waals surface area contributed by atoms with Crippen LogP contribution in [0.2, 0.25) is 0 Å². The number of benzene rings is 2. The van der Waals surface area contributed by atoms with E-state index in [-0.39, 0.29) is 23.1 Å². The van der Waals surface area contributed by atoms with Gasteiger partial charge >= 0.3 is 0 Å².